The first-order chi connectivity index (χ1) is 12.0. The summed E-state index contributed by atoms with van der Waals surface area (Å²) in [5.74, 6) is 0.211. The van der Waals surface area contributed by atoms with Crippen LogP contribution in [0, 0.1) is 5.92 Å². The number of aliphatic hydroxyl groups is 1. The van der Waals surface area contributed by atoms with Crippen LogP contribution in [0.25, 0.3) is 0 Å². The van der Waals surface area contributed by atoms with Gasteiger partial charge >= 0.3 is 0 Å². The average molecular weight is 346 g/mol. The zero-order chi connectivity index (χ0) is 17.9. The monoisotopic (exact) mass is 346 g/mol. The molecular formula is C20H30N2O3. The Labute approximate surface area is 150 Å². The summed E-state index contributed by atoms with van der Waals surface area (Å²) < 4.78 is 5.63. The first kappa shape index (κ1) is 18.4. The Morgan fingerprint density at radius 2 is 2.16 bits per heavy atom. The Kier molecular flexibility index (Phi) is 5.77. The molecule has 2 saturated heterocycles. The largest absolute Gasteiger partial charge is 0.390 e. The van der Waals surface area contributed by atoms with Gasteiger partial charge in [-0.1, -0.05) is 30.3 Å². The lowest BCUT2D eigenvalue weighted by atomic mass is 9.79. The molecule has 5 nitrogen and oxygen atoms in total. The van der Waals surface area contributed by atoms with Gasteiger partial charge in [-0.3, -0.25) is 9.69 Å². The summed E-state index contributed by atoms with van der Waals surface area (Å²) in [6.45, 7) is 5.09. The van der Waals surface area contributed by atoms with E-state index in [1.165, 1.54) is 0 Å². The fourth-order valence-corrected chi connectivity index (χ4v) is 4.12. The van der Waals surface area contributed by atoms with Gasteiger partial charge in [-0.25, -0.2) is 0 Å². The molecule has 1 aromatic rings. The van der Waals surface area contributed by atoms with E-state index < -0.39 is 5.60 Å². The number of likely N-dealkylation sites (N-methyl/N-ethyl adjacent to an activating group) is 1. The van der Waals surface area contributed by atoms with Gasteiger partial charge in [0.2, 0.25) is 5.91 Å². The quantitative estimate of drug-likeness (QED) is 0.885. The van der Waals surface area contributed by atoms with E-state index in [9.17, 15) is 9.90 Å². The lowest BCUT2D eigenvalue weighted by Crippen LogP contribution is -2.53. The SMILES string of the molecule is CN(Cc1ccccc1)C(=O)CN1CCC[C@@H]1[C@@H]1COCC[C@]1(C)O. The van der Waals surface area contributed by atoms with Crippen molar-refractivity contribution >= 4 is 5.91 Å². The van der Waals surface area contributed by atoms with Crippen LogP contribution in [0.2, 0.25) is 0 Å². The Hall–Kier alpha value is -1.43. The number of benzene rings is 1. The average Bonchev–Trinajstić information content (AvgIpc) is 3.03. The second-order valence-corrected chi connectivity index (χ2v) is 7.70. The van der Waals surface area contributed by atoms with Gasteiger partial charge < -0.3 is 14.7 Å². The summed E-state index contributed by atoms with van der Waals surface area (Å²) in [5, 5.41) is 10.7. The van der Waals surface area contributed by atoms with E-state index in [4.69, 9.17) is 4.74 Å². The van der Waals surface area contributed by atoms with Gasteiger partial charge in [-0.2, -0.15) is 0 Å². The number of likely N-dealkylation sites (tertiary alicyclic amines) is 1. The third kappa shape index (κ3) is 4.40. The minimum Gasteiger partial charge on any atom is -0.390 e. The summed E-state index contributed by atoms with van der Waals surface area (Å²) >= 11 is 0. The van der Waals surface area contributed by atoms with E-state index in [1.54, 1.807) is 4.90 Å². The van der Waals surface area contributed by atoms with Crippen molar-refractivity contribution in [2.45, 2.75) is 44.4 Å². The van der Waals surface area contributed by atoms with E-state index in [0.29, 0.717) is 32.7 Å². The minimum atomic E-state index is -0.704. The lowest BCUT2D eigenvalue weighted by Gasteiger charge is -2.43. The van der Waals surface area contributed by atoms with E-state index >= 15 is 0 Å². The summed E-state index contributed by atoms with van der Waals surface area (Å²) in [6.07, 6.45) is 2.77. The Morgan fingerprint density at radius 1 is 1.40 bits per heavy atom. The first-order valence-electron chi connectivity index (χ1n) is 9.29. The third-order valence-corrected chi connectivity index (χ3v) is 5.75. The molecule has 2 aliphatic rings. The normalized spacial score (nSPS) is 30.4. The maximum atomic E-state index is 12.7. The van der Waals surface area contributed by atoms with Crippen LogP contribution in [0.4, 0.5) is 0 Å². The molecule has 0 aromatic heterocycles. The van der Waals surface area contributed by atoms with Gasteiger partial charge in [0.1, 0.15) is 0 Å². The number of ether oxygens (including phenoxy) is 1. The molecule has 25 heavy (non-hydrogen) atoms. The van der Waals surface area contributed by atoms with Crippen molar-refractivity contribution in [3.05, 3.63) is 35.9 Å². The molecule has 2 fully saturated rings. The number of rotatable bonds is 5. The zero-order valence-electron chi connectivity index (χ0n) is 15.4. The molecule has 0 saturated carbocycles. The van der Waals surface area contributed by atoms with Crippen LogP contribution in [0.3, 0.4) is 0 Å². The smallest absolute Gasteiger partial charge is 0.236 e. The van der Waals surface area contributed by atoms with Gasteiger partial charge in [0.05, 0.1) is 18.8 Å². The number of carbonyl (C=O) groups excluding carboxylic acids is 1. The molecule has 3 atom stereocenters. The van der Waals surface area contributed by atoms with Crippen molar-refractivity contribution < 1.29 is 14.6 Å². The van der Waals surface area contributed by atoms with Crippen LogP contribution < -0.4 is 0 Å². The van der Waals surface area contributed by atoms with Gasteiger partial charge in [0, 0.05) is 32.2 Å². The van der Waals surface area contributed by atoms with Gasteiger partial charge in [-0.15, -0.1) is 0 Å². The van der Waals surface area contributed by atoms with E-state index in [1.807, 2.05) is 44.3 Å². The molecule has 0 radical (unpaired) electrons. The summed E-state index contributed by atoms with van der Waals surface area (Å²) in [7, 11) is 1.86. The number of carbonyl (C=O) groups is 1. The first-order valence-corrected chi connectivity index (χ1v) is 9.29. The fourth-order valence-electron chi connectivity index (χ4n) is 4.12. The molecule has 3 rings (SSSR count). The highest BCUT2D eigenvalue weighted by Gasteiger charge is 2.44. The van der Waals surface area contributed by atoms with Crippen molar-refractivity contribution in [3.8, 4) is 0 Å². The topological polar surface area (TPSA) is 53.0 Å². The Balaban J connectivity index is 1.60. The third-order valence-electron chi connectivity index (χ3n) is 5.75. The van der Waals surface area contributed by atoms with Crippen LogP contribution in [0.1, 0.15) is 31.7 Å². The summed E-state index contributed by atoms with van der Waals surface area (Å²) in [5.41, 5.74) is 0.435. The molecular weight excluding hydrogens is 316 g/mol. The zero-order valence-corrected chi connectivity index (χ0v) is 15.4. The fraction of sp³-hybridized carbons (Fsp3) is 0.650. The molecule has 1 aromatic carbocycles. The van der Waals surface area contributed by atoms with Crippen LogP contribution in [-0.2, 0) is 16.1 Å². The van der Waals surface area contributed by atoms with Crippen LogP contribution in [0.5, 0.6) is 0 Å². The number of hydrogen-bond donors (Lipinski definition) is 1. The van der Waals surface area contributed by atoms with Crippen molar-refractivity contribution in [2.24, 2.45) is 5.92 Å². The predicted molar refractivity (Wildman–Crippen MR) is 97.1 cm³/mol. The molecule has 0 bridgehead atoms. The highest BCUT2D eigenvalue weighted by Crippen LogP contribution is 2.35. The molecule has 2 aliphatic heterocycles. The summed E-state index contributed by atoms with van der Waals surface area (Å²) in [6, 6.07) is 10.3. The number of hydrogen-bond acceptors (Lipinski definition) is 4. The van der Waals surface area contributed by atoms with Gasteiger partial charge in [0.25, 0.3) is 0 Å². The van der Waals surface area contributed by atoms with Crippen molar-refractivity contribution in [2.75, 3.05) is 33.4 Å². The van der Waals surface area contributed by atoms with Crippen molar-refractivity contribution in [1.29, 1.82) is 0 Å². The standard InChI is InChI=1S/C20H30N2O3/c1-20(24)10-12-25-15-17(20)18-9-6-11-22(18)14-19(23)21(2)13-16-7-4-3-5-8-16/h3-5,7-8,17-18,24H,6,9-15H2,1-2H3/t17-,18+,20-/m0/s1. The molecule has 0 unspecified atom stereocenters. The van der Waals surface area contributed by atoms with Crippen LogP contribution in [-0.4, -0.2) is 65.8 Å². The van der Waals surface area contributed by atoms with Crippen molar-refractivity contribution in [1.82, 2.24) is 9.80 Å². The van der Waals surface area contributed by atoms with Crippen molar-refractivity contribution in [3.63, 3.8) is 0 Å². The van der Waals surface area contributed by atoms with Crippen LogP contribution >= 0.6 is 0 Å². The van der Waals surface area contributed by atoms with Gasteiger partial charge in [-0.05, 0) is 38.3 Å². The van der Waals surface area contributed by atoms with E-state index in [2.05, 4.69) is 4.90 Å². The number of amides is 1. The molecule has 0 spiro atoms. The molecule has 5 heteroatoms. The predicted octanol–water partition coefficient (Wildman–Crippen LogP) is 1.90. The Bertz CT molecular complexity index is 576. The number of nitrogens with zero attached hydrogens (tertiary/aromatic N) is 2. The molecule has 0 aliphatic carbocycles. The summed E-state index contributed by atoms with van der Waals surface area (Å²) in [4.78, 5) is 16.7. The van der Waals surface area contributed by atoms with Crippen LogP contribution in [0.15, 0.2) is 30.3 Å². The second-order valence-electron chi connectivity index (χ2n) is 7.70. The van der Waals surface area contributed by atoms with E-state index in [-0.39, 0.29) is 17.9 Å². The Morgan fingerprint density at radius 3 is 2.88 bits per heavy atom. The van der Waals surface area contributed by atoms with Gasteiger partial charge in [0.15, 0.2) is 0 Å². The lowest BCUT2D eigenvalue weighted by molar-refractivity contribution is -0.138. The molecule has 2 heterocycles. The molecule has 1 N–H and O–H groups in total. The van der Waals surface area contributed by atoms with E-state index in [0.717, 1.165) is 24.9 Å². The minimum absolute atomic E-state index is 0.0796. The maximum absolute atomic E-state index is 12.7. The highest BCUT2D eigenvalue weighted by molar-refractivity contribution is 5.78. The molecule has 138 valence electrons. The highest BCUT2D eigenvalue weighted by atomic mass is 16.5. The molecule has 1 amide bonds. The maximum Gasteiger partial charge on any atom is 0.236 e. The second kappa shape index (κ2) is 7.85.